The first-order valence-electron chi connectivity index (χ1n) is 6.60. The molecule has 5 heteroatoms. The molecule has 0 aromatic rings. The van der Waals surface area contributed by atoms with E-state index in [1.807, 2.05) is 11.9 Å². The molecule has 18 heavy (non-hydrogen) atoms. The molecule has 0 aliphatic carbocycles. The lowest BCUT2D eigenvalue weighted by atomic mass is 9.99. The van der Waals surface area contributed by atoms with Crippen molar-refractivity contribution in [1.29, 1.82) is 0 Å². The van der Waals surface area contributed by atoms with Crippen LogP contribution in [0.1, 0.15) is 33.1 Å². The van der Waals surface area contributed by atoms with Gasteiger partial charge >= 0.3 is 0 Å². The van der Waals surface area contributed by atoms with Gasteiger partial charge < -0.3 is 15.4 Å². The predicted octanol–water partition coefficient (Wildman–Crippen LogP) is 1.67. The lowest BCUT2D eigenvalue weighted by Crippen LogP contribution is -2.40. The lowest BCUT2D eigenvalue weighted by molar-refractivity contribution is -0.138. The van der Waals surface area contributed by atoms with E-state index in [4.69, 9.17) is 10.5 Å². The molecular formula is C13H27ClN2O2. The zero-order valence-electron chi connectivity index (χ0n) is 11.7. The Bertz CT molecular complexity index is 243. The van der Waals surface area contributed by atoms with Crippen molar-refractivity contribution in [3.05, 3.63) is 0 Å². The Morgan fingerprint density at radius 1 is 1.50 bits per heavy atom. The fraction of sp³-hybridized carbons (Fsp3) is 0.923. The minimum Gasteiger partial charge on any atom is -0.381 e. The van der Waals surface area contributed by atoms with Crippen LogP contribution in [0, 0.1) is 11.8 Å². The summed E-state index contributed by atoms with van der Waals surface area (Å²) in [5.41, 5.74) is 5.98. The normalized spacial score (nSPS) is 21.3. The topological polar surface area (TPSA) is 55.6 Å². The molecular weight excluding hydrogens is 252 g/mol. The average molecular weight is 279 g/mol. The van der Waals surface area contributed by atoms with E-state index < -0.39 is 0 Å². The van der Waals surface area contributed by atoms with Gasteiger partial charge in [0.2, 0.25) is 5.91 Å². The minimum absolute atomic E-state index is 0. The number of rotatable bonds is 5. The highest BCUT2D eigenvalue weighted by molar-refractivity contribution is 5.85. The summed E-state index contributed by atoms with van der Waals surface area (Å²) >= 11 is 0. The molecule has 2 unspecified atom stereocenters. The molecule has 1 saturated heterocycles. The van der Waals surface area contributed by atoms with Gasteiger partial charge in [-0.1, -0.05) is 13.8 Å². The highest BCUT2D eigenvalue weighted by atomic mass is 35.5. The zero-order chi connectivity index (χ0) is 12.8. The van der Waals surface area contributed by atoms with Crippen LogP contribution in [-0.2, 0) is 9.53 Å². The molecule has 0 bridgehead atoms. The Kier molecular flexibility index (Phi) is 8.57. The molecule has 2 atom stereocenters. The van der Waals surface area contributed by atoms with E-state index in [2.05, 4.69) is 13.8 Å². The molecule has 1 fully saturated rings. The highest BCUT2D eigenvalue weighted by Crippen LogP contribution is 2.16. The first-order valence-corrected chi connectivity index (χ1v) is 6.60. The van der Waals surface area contributed by atoms with Crippen molar-refractivity contribution in [3.8, 4) is 0 Å². The second kappa shape index (κ2) is 8.73. The van der Waals surface area contributed by atoms with Crippen molar-refractivity contribution < 1.29 is 9.53 Å². The van der Waals surface area contributed by atoms with Crippen molar-refractivity contribution in [2.75, 3.05) is 26.8 Å². The zero-order valence-corrected chi connectivity index (χ0v) is 12.5. The van der Waals surface area contributed by atoms with Crippen molar-refractivity contribution in [2.24, 2.45) is 17.6 Å². The van der Waals surface area contributed by atoms with Crippen LogP contribution < -0.4 is 5.73 Å². The van der Waals surface area contributed by atoms with Gasteiger partial charge in [0.25, 0.3) is 0 Å². The monoisotopic (exact) mass is 278 g/mol. The Morgan fingerprint density at radius 2 is 2.17 bits per heavy atom. The molecule has 1 aliphatic heterocycles. The van der Waals surface area contributed by atoms with E-state index in [1.54, 1.807) is 0 Å². The second-order valence-electron chi connectivity index (χ2n) is 5.37. The van der Waals surface area contributed by atoms with Crippen LogP contribution in [0.5, 0.6) is 0 Å². The van der Waals surface area contributed by atoms with E-state index in [-0.39, 0.29) is 30.3 Å². The number of ether oxygens (including phenoxy) is 1. The molecule has 0 spiro atoms. The summed E-state index contributed by atoms with van der Waals surface area (Å²) in [5.74, 6) is 0.737. The number of hydrogen-bond acceptors (Lipinski definition) is 3. The molecule has 0 radical (unpaired) electrons. The predicted molar refractivity (Wildman–Crippen MR) is 75.9 cm³/mol. The van der Waals surface area contributed by atoms with Crippen LogP contribution in [-0.4, -0.2) is 43.7 Å². The van der Waals surface area contributed by atoms with Gasteiger partial charge in [0.05, 0.1) is 12.5 Å². The smallest absolute Gasteiger partial charge is 0.227 e. The van der Waals surface area contributed by atoms with Crippen molar-refractivity contribution in [3.63, 3.8) is 0 Å². The van der Waals surface area contributed by atoms with Gasteiger partial charge in [-0.3, -0.25) is 4.79 Å². The summed E-state index contributed by atoms with van der Waals surface area (Å²) in [5, 5.41) is 0. The summed E-state index contributed by atoms with van der Waals surface area (Å²) in [6.07, 6.45) is 2.82. The number of carbonyl (C=O) groups excluding carboxylic acids is 1. The van der Waals surface area contributed by atoms with Gasteiger partial charge in [-0.2, -0.15) is 0 Å². The average Bonchev–Trinajstić information content (AvgIpc) is 2.35. The standard InChI is InChI=1S/C13H26N2O2.ClH/c1-10(2)12(14)6-7-15(3)13(16)11-5-4-8-17-9-11;/h10-12H,4-9,14H2,1-3H3;1H. The molecule has 1 heterocycles. The molecule has 2 N–H and O–H groups in total. The van der Waals surface area contributed by atoms with Crippen molar-refractivity contribution in [2.45, 2.75) is 39.2 Å². The molecule has 0 saturated carbocycles. The fourth-order valence-electron chi connectivity index (χ4n) is 2.03. The quantitative estimate of drug-likeness (QED) is 0.832. The van der Waals surface area contributed by atoms with Gasteiger partial charge in [-0.25, -0.2) is 0 Å². The number of hydrogen-bond donors (Lipinski definition) is 1. The van der Waals surface area contributed by atoms with Gasteiger partial charge in [-0.05, 0) is 25.2 Å². The van der Waals surface area contributed by atoms with E-state index in [0.29, 0.717) is 12.5 Å². The van der Waals surface area contributed by atoms with Crippen LogP contribution in [0.3, 0.4) is 0 Å². The third kappa shape index (κ3) is 5.55. The maximum atomic E-state index is 12.1. The van der Waals surface area contributed by atoms with Crippen LogP contribution in [0.15, 0.2) is 0 Å². The van der Waals surface area contributed by atoms with E-state index in [9.17, 15) is 4.79 Å². The number of nitrogens with zero attached hydrogens (tertiary/aromatic N) is 1. The third-order valence-electron chi connectivity index (χ3n) is 3.54. The van der Waals surface area contributed by atoms with Gasteiger partial charge in [0.15, 0.2) is 0 Å². The first-order chi connectivity index (χ1) is 8.02. The van der Waals surface area contributed by atoms with Crippen molar-refractivity contribution in [1.82, 2.24) is 4.90 Å². The molecule has 1 amide bonds. The number of nitrogens with two attached hydrogens (primary N) is 1. The molecule has 1 rings (SSSR count). The summed E-state index contributed by atoms with van der Waals surface area (Å²) in [6.45, 7) is 6.35. The Morgan fingerprint density at radius 3 is 2.67 bits per heavy atom. The lowest BCUT2D eigenvalue weighted by Gasteiger charge is -2.27. The number of halogens is 1. The molecule has 108 valence electrons. The Labute approximate surface area is 117 Å². The number of carbonyl (C=O) groups is 1. The fourth-order valence-corrected chi connectivity index (χ4v) is 2.03. The van der Waals surface area contributed by atoms with Gasteiger partial charge in [0.1, 0.15) is 0 Å². The number of amides is 1. The van der Waals surface area contributed by atoms with E-state index in [1.165, 1.54) is 0 Å². The SMILES string of the molecule is CC(C)C(N)CCN(C)C(=O)C1CCCOC1.Cl. The summed E-state index contributed by atoms with van der Waals surface area (Å²) in [6, 6.07) is 0.174. The molecule has 0 aromatic heterocycles. The molecule has 4 nitrogen and oxygen atoms in total. The van der Waals surface area contributed by atoms with Crippen LogP contribution in [0.2, 0.25) is 0 Å². The van der Waals surface area contributed by atoms with Gasteiger partial charge in [0, 0.05) is 26.2 Å². The Balaban J connectivity index is 0.00000289. The van der Waals surface area contributed by atoms with Crippen LogP contribution >= 0.6 is 12.4 Å². The van der Waals surface area contributed by atoms with E-state index >= 15 is 0 Å². The maximum absolute atomic E-state index is 12.1. The van der Waals surface area contributed by atoms with Crippen LogP contribution in [0.25, 0.3) is 0 Å². The van der Waals surface area contributed by atoms with E-state index in [0.717, 1.165) is 32.4 Å². The minimum atomic E-state index is 0. The second-order valence-corrected chi connectivity index (χ2v) is 5.37. The summed E-state index contributed by atoms with van der Waals surface area (Å²) in [4.78, 5) is 13.9. The maximum Gasteiger partial charge on any atom is 0.227 e. The van der Waals surface area contributed by atoms with Crippen molar-refractivity contribution >= 4 is 18.3 Å². The molecule has 1 aliphatic rings. The largest absolute Gasteiger partial charge is 0.381 e. The summed E-state index contributed by atoms with van der Waals surface area (Å²) in [7, 11) is 1.87. The molecule has 0 aromatic carbocycles. The Hall–Kier alpha value is -0.320. The first kappa shape index (κ1) is 17.7. The van der Waals surface area contributed by atoms with Gasteiger partial charge in [-0.15, -0.1) is 12.4 Å². The summed E-state index contributed by atoms with van der Waals surface area (Å²) < 4.78 is 5.35. The highest BCUT2D eigenvalue weighted by Gasteiger charge is 2.24. The third-order valence-corrected chi connectivity index (χ3v) is 3.54. The van der Waals surface area contributed by atoms with Crippen LogP contribution in [0.4, 0.5) is 0 Å².